The van der Waals surface area contributed by atoms with E-state index in [4.69, 9.17) is 0 Å². The summed E-state index contributed by atoms with van der Waals surface area (Å²) in [4.78, 5) is 2.17. The van der Waals surface area contributed by atoms with Gasteiger partial charge in [-0.05, 0) is 32.9 Å². The fourth-order valence-corrected chi connectivity index (χ4v) is 1.36. The van der Waals surface area contributed by atoms with Gasteiger partial charge < -0.3 is 10.0 Å². The first-order valence-corrected chi connectivity index (χ1v) is 4.07. The SMILES string of the molecule is CCN(C)CC1(O)CCC1. The maximum absolute atomic E-state index is 9.67. The van der Waals surface area contributed by atoms with Crippen molar-refractivity contribution in [1.82, 2.24) is 4.90 Å². The Morgan fingerprint density at radius 2 is 2.10 bits per heavy atom. The number of aliphatic hydroxyl groups is 1. The van der Waals surface area contributed by atoms with E-state index in [9.17, 15) is 5.11 Å². The minimum absolute atomic E-state index is 0.329. The van der Waals surface area contributed by atoms with Crippen LogP contribution in [0.25, 0.3) is 0 Å². The highest BCUT2D eigenvalue weighted by molar-refractivity contribution is 4.89. The zero-order valence-electron chi connectivity index (χ0n) is 6.93. The summed E-state index contributed by atoms with van der Waals surface area (Å²) < 4.78 is 0. The van der Waals surface area contributed by atoms with E-state index in [1.165, 1.54) is 6.42 Å². The van der Waals surface area contributed by atoms with E-state index < -0.39 is 0 Å². The second-order valence-corrected chi connectivity index (χ2v) is 3.41. The van der Waals surface area contributed by atoms with Gasteiger partial charge in [0.15, 0.2) is 0 Å². The maximum atomic E-state index is 9.67. The van der Waals surface area contributed by atoms with Gasteiger partial charge in [0.1, 0.15) is 0 Å². The van der Waals surface area contributed by atoms with E-state index in [0.717, 1.165) is 25.9 Å². The molecule has 0 aromatic heterocycles. The van der Waals surface area contributed by atoms with Gasteiger partial charge in [0.05, 0.1) is 5.60 Å². The lowest BCUT2D eigenvalue weighted by molar-refractivity contribution is -0.0534. The first-order valence-electron chi connectivity index (χ1n) is 4.07. The van der Waals surface area contributed by atoms with Crippen LogP contribution in [0.15, 0.2) is 0 Å². The predicted octanol–water partition coefficient (Wildman–Crippen LogP) is 0.853. The molecule has 0 unspecified atom stereocenters. The largest absolute Gasteiger partial charge is 0.389 e. The van der Waals surface area contributed by atoms with Crippen molar-refractivity contribution in [3.63, 3.8) is 0 Å². The van der Waals surface area contributed by atoms with E-state index >= 15 is 0 Å². The normalized spacial score (nSPS) is 22.8. The molecule has 0 saturated heterocycles. The molecule has 0 aromatic rings. The van der Waals surface area contributed by atoms with Gasteiger partial charge in [-0.25, -0.2) is 0 Å². The molecule has 0 bridgehead atoms. The van der Waals surface area contributed by atoms with E-state index in [-0.39, 0.29) is 5.60 Å². The fourth-order valence-electron chi connectivity index (χ4n) is 1.36. The van der Waals surface area contributed by atoms with Crippen LogP contribution >= 0.6 is 0 Å². The molecule has 0 spiro atoms. The van der Waals surface area contributed by atoms with Crippen molar-refractivity contribution < 1.29 is 5.11 Å². The molecule has 2 heteroatoms. The van der Waals surface area contributed by atoms with Crippen molar-refractivity contribution >= 4 is 0 Å². The van der Waals surface area contributed by atoms with Crippen molar-refractivity contribution in [1.29, 1.82) is 0 Å². The molecule has 1 aliphatic carbocycles. The average Bonchev–Trinajstić information content (AvgIpc) is 1.84. The lowest BCUT2D eigenvalue weighted by Crippen LogP contribution is -2.46. The Bertz CT molecular complexity index is 110. The van der Waals surface area contributed by atoms with Gasteiger partial charge in [-0.3, -0.25) is 0 Å². The molecule has 0 amide bonds. The summed E-state index contributed by atoms with van der Waals surface area (Å²) in [5.74, 6) is 0. The van der Waals surface area contributed by atoms with Crippen LogP contribution in [-0.2, 0) is 0 Å². The number of nitrogens with zero attached hydrogens (tertiary/aromatic N) is 1. The van der Waals surface area contributed by atoms with Crippen LogP contribution in [0, 0.1) is 0 Å². The summed E-state index contributed by atoms with van der Waals surface area (Å²) in [6, 6.07) is 0. The van der Waals surface area contributed by atoms with Crippen LogP contribution < -0.4 is 0 Å². The lowest BCUT2D eigenvalue weighted by atomic mass is 9.80. The molecule has 1 aliphatic rings. The topological polar surface area (TPSA) is 23.5 Å². The van der Waals surface area contributed by atoms with Gasteiger partial charge in [0, 0.05) is 6.54 Å². The zero-order valence-corrected chi connectivity index (χ0v) is 6.93. The molecule has 0 atom stereocenters. The van der Waals surface area contributed by atoms with Gasteiger partial charge in [0.25, 0.3) is 0 Å². The van der Waals surface area contributed by atoms with Crippen LogP contribution in [0.1, 0.15) is 26.2 Å². The Balaban J connectivity index is 2.22. The minimum atomic E-state index is -0.329. The Hall–Kier alpha value is -0.0800. The van der Waals surface area contributed by atoms with E-state index in [0.29, 0.717) is 0 Å². The molecule has 1 rings (SSSR count). The molecule has 2 nitrogen and oxygen atoms in total. The van der Waals surface area contributed by atoms with E-state index in [1.807, 2.05) is 0 Å². The molecule has 10 heavy (non-hydrogen) atoms. The third-order valence-electron chi connectivity index (χ3n) is 2.39. The molecule has 1 saturated carbocycles. The summed E-state index contributed by atoms with van der Waals surface area (Å²) in [7, 11) is 2.05. The third kappa shape index (κ3) is 1.70. The van der Waals surface area contributed by atoms with Gasteiger partial charge in [-0.1, -0.05) is 6.92 Å². The fraction of sp³-hybridized carbons (Fsp3) is 1.00. The van der Waals surface area contributed by atoms with Gasteiger partial charge in [0.2, 0.25) is 0 Å². The minimum Gasteiger partial charge on any atom is -0.389 e. The highest BCUT2D eigenvalue weighted by atomic mass is 16.3. The molecule has 60 valence electrons. The smallest absolute Gasteiger partial charge is 0.0774 e. The summed E-state index contributed by atoms with van der Waals surface area (Å²) >= 11 is 0. The number of hydrogen-bond donors (Lipinski definition) is 1. The van der Waals surface area contributed by atoms with Crippen LogP contribution in [-0.4, -0.2) is 35.7 Å². The van der Waals surface area contributed by atoms with Crippen molar-refractivity contribution in [3.8, 4) is 0 Å². The molecule has 1 fully saturated rings. The van der Waals surface area contributed by atoms with Gasteiger partial charge in [-0.15, -0.1) is 0 Å². The van der Waals surface area contributed by atoms with Crippen LogP contribution in [0.4, 0.5) is 0 Å². The summed E-state index contributed by atoms with van der Waals surface area (Å²) in [5.41, 5.74) is -0.329. The predicted molar refractivity (Wildman–Crippen MR) is 42.0 cm³/mol. The first kappa shape index (κ1) is 8.02. The van der Waals surface area contributed by atoms with E-state index in [2.05, 4.69) is 18.9 Å². The number of hydrogen-bond acceptors (Lipinski definition) is 2. The van der Waals surface area contributed by atoms with E-state index in [1.54, 1.807) is 0 Å². The molecular formula is C8H17NO. The second-order valence-electron chi connectivity index (χ2n) is 3.41. The van der Waals surface area contributed by atoms with Crippen LogP contribution in [0.5, 0.6) is 0 Å². The molecule has 0 aliphatic heterocycles. The highest BCUT2D eigenvalue weighted by Gasteiger charge is 2.34. The number of rotatable bonds is 3. The zero-order chi connectivity index (χ0) is 7.61. The Kier molecular flexibility index (Phi) is 2.32. The van der Waals surface area contributed by atoms with Crippen LogP contribution in [0.2, 0.25) is 0 Å². The van der Waals surface area contributed by atoms with Crippen molar-refractivity contribution in [2.45, 2.75) is 31.8 Å². The molecular weight excluding hydrogens is 126 g/mol. The molecule has 0 heterocycles. The average molecular weight is 143 g/mol. The monoisotopic (exact) mass is 143 g/mol. The lowest BCUT2D eigenvalue weighted by Gasteiger charge is -2.39. The third-order valence-corrected chi connectivity index (χ3v) is 2.39. The Morgan fingerprint density at radius 1 is 1.50 bits per heavy atom. The first-order chi connectivity index (χ1) is 4.66. The summed E-state index contributed by atoms with van der Waals surface area (Å²) in [5, 5.41) is 9.67. The standard InChI is InChI=1S/C8H17NO/c1-3-9(2)7-8(10)5-4-6-8/h10H,3-7H2,1-2H3. The highest BCUT2D eigenvalue weighted by Crippen LogP contribution is 2.31. The van der Waals surface area contributed by atoms with Crippen molar-refractivity contribution in [2.75, 3.05) is 20.1 Å². The Morgan fingerprint density at radius 3 is 2.40 bits per heavy atom. The summed E-state index contributed by atoms with van der Waals surface area (Å²) in [6.45, 7) is 3.99. The summed E-state index contributed by atoms with van der Waals surface area (Å²) in [6.07, 6.45) is 3.20. The second kappa shape index (κ2) is 2.89. The molecule has 1 N–H and O–H groups in total. The van der Waals surface area contributed by atoms with Crippen molar-refractivity contribution in [2.24, 2.45) is 0 Å². The molecule has 0 aromatic carbocycles. The van der Waals surface area contributed by atoms with Crippen molar-refractivity contribution in [3.05, 3.63) is 0 Å². The van der Waals surface area contributed by atoms with Gasteiger partial charge in [-0.2, -0.15) is 0 Å². The number of likely N-dealkylation sites (N-methyl/N-ethyl adjacent to an activating group) is 1. The quantitative estimate of drug-likeness (QED) is 0.633. The van der Waals surface area contributed by atoms with Gasteiger partial charge >= 0.3 is 0 Å². The van der Waals surface area contributed by atoms with Crippen LogP contribution in [0.3, 0.4) is 0 Å². The molecule has 0 radical (unpaired) electrons. The Labute approximate surface area is 62.8 Å². The maximum Gasteiger partial charge on any atom is 0.0774 e.